The minimum atomic E-state index is -0.689. The first-order valence-corrected chi connectivity index (χ1v) is 7.88. The fraction of sp³-hybridized carbons (Fsp3) is 0.467. The molecule has 0 aliphatic carbocycles. The highest BCUT2D eigenvalue weighted by atomic mass is 35.5. The summed E-state index contributed by atoms with van der Waals surface area (Å²) < 4.78 is 5.28. The van der Waals surface area contributed by atoms with E-state index in [1.54, 1.807) is 0 Å². The molecule has 8 heteroatoms. The van der Waals surface area contributed by atoms with Crippen molar-refractivity contribution in [1.29, 1.82) is 0 Å². The van der Waals surface area contributed by atoms with Crippen LogP contribution in [0.5, 0.6) is 0 Å². The van der Waals surface area contributed by atoms with E-state index < -0.39 is 18.0 Å². The number of carbonyl (C=O) groups excluding carboxylic acids is 2. The molecule has 0 unspecified atom stereocenters. The number of carbonyl (C=O) groups is 2. The second kappa shape index (κ2) is 8.47. The van der Waals surface area contributed by atoms with Crippen LogP contribution in [0, 0.1) is 4.91 Å². The first-order valence-electron chi connectivity index (χ1n) is 7.35. The summed E-state index contributed by atoms with van der Waals surface area (Å²) in [5.41, 5.74) is 0.870. The summed E-state index contributed by atoms with van der Waals surface area (Å²) in [4.78, 5) is 36.5. The first kappa shape index (κ1) is 17.2. The van der Waals surface area contributed by atoms with E-state index in [1.165, 1.54) is 4.90 Å². The van der Waals surface area contributed by atoms with Gasteiger partial charge in [-0.2, -0.15) is 5.01 Å². The summed E-state index contributed by atoms with van der Waals surface area (Å²) in [7, 11) is 0. The van der Waals surface area contributed by atoms with Gasteiger partial charge in [-0.15, -0.1) is 16.5 Å². The lowest BCUT2D eigenvalue weighted by atomic mass is 10.2. The molecule has 1 aromatic rings. The third-order valence-electron chi connectivity index (χ3n) is 3.61. The topological polar surface area (TPSA) is 79.3 Å². The van der Waals surface area contributed by atoms with Gasteiger partial charge in [-0.1, -0.05) is 30.3 Å². The summed E-state index contributed by atoms with van der Waals surface area (Å²) in [6, 6.07) is 7.99. The predicted octanol–water partition coefficient (Wildman–Crippen LogP) is 2.54. The average Bonchev–Trinajstić information content (AvgIpc) is 3.07. The Morgan fingerprint density at radius 3 is 2.74 bits per heavy atom. The van der Waals surface area contributed by atoms with Crippen molar-refractivity contribution in [1.82, 2.24) is 9.91 Å². The molecule has 124 valence electrons. The number of halogens is 1. The number of amides is 2. The number of rotatable bonds is 6. The number of benzene rings is 1. The maximum Gasteiger partial charge on any atom is 0.343 e. The van der Waals surface area contributed by atoms with Crippen molar-refractivity contribution in [3.05, 3.63) is 40.8 Å². The highest BCUT2D eigenvalue weighted by Gasteiger charge is 2.37. The largest absolute Gasteiger partial charge is 0.459 e. The molecule has 7 nitrogen and oxygen atoms in total. The van der Waals surface area contributed by atoms with Crippen LogP contribution < -0.4 is 0 Å². The average molecular weight is 340 g/mol. The molecule has 2 amide bonds. The SMILES string of the molecule is O=NN(CCCl)C(=O)N1CCC[C@H]1C(=O)OCc1ccccc1. The molecule has 1 fully saturated rings. The van der Waals surface area contributed by atoms with Crippen LogP contribution in [-0.4, -0.2) is 46.9 Å². The molecule has 1 saturated heterocycles. The van der Waals surface area contributed by atoms with Gasteiger partial charge < -0.3 is 9.64 Å². The third kappa shape index (κ3) is 4.41. The summed E-state index contributed by atoms with van der Waals surface area (Å²) >= 11 is 5.54. The van der Waals surface area contributed by atoms with Crippen LogP contribution in [0.4, 0.5) is 4.79 Å². The number of esters is 1. The molecule has 1 aliphatic heterocycles. The van der Waals surface area contributed by atoms with Gasteiger partial charge >= 0.3 is 12.0 Å². The van der Waals surface area contributed by atoms with Crippen molar-refractivity contribution in [2.24, 2.45) is 5.29 Å². The van der Waals surface area contributed by atoms with E-state index in [4.69, 9.17) is 16.3 Å². The number of nitrogens with zero attached hydrogens (tertiary/aromatic N) is 3. The number of urea groups is 1. The molecule has 1 aliphatic rings. The maximum atomic E-state index is 12.2. The number of ether oxygens (including phenoxy) is 1. The first-order chi connectivity index (χ1) is 11.2. The Hall–Kier alpha value is -2.15. The van der Waals surface area contributed by atoms with Crippen LogP contribution in [0.1, 0.15) is 18.4 Å². The lowest BCUT2D eigenvalue weighted by molar-refractivity contribution is -0.149. The van der Waals surface area contributed by atoms with E-state index >= 15 is 0 Å². The van der Waals surface area contributed by atoms with Crippen LogP contribution in [-0.2, 0) is 16.1 Å². The molecule has 1 heterocycles. The monoisotopic (exact) mass is 339 g/mol. The van der Waals surface area contributed by atoms with Crippen LogP contribution in [0.3, 0.4) is 0 Å². The van der Waals surface area contributed by atoms with Crippen molar-refractivity contribution in [3.63, 3.8) is 0 Å². The van der Waals surface area contributed by atoms with Gasteiger partial charge in [0.25, 0.3) is 0 Å². The molecule has 0 bridgehead atoms. The molecule has 0 aromatic heterocycles. The van der Waals surface area contributed by atoms with E-state index in [9.17, 15) is 14.5 Å². The quantitative estimate of drug-likeness (QED) is 0.345. The normalized spacial score (nSPS) is 16.9. The predicted molar refractivity (Wildman–Crippen MR) is 84.6 cm³/mol. The minimum Gasteiger partial charge on any atom is -0.459 e. The van der Waals surface area contributed by atoms with Gasteiger partial charge in [-0.3, -0.25) is 0 Å². The Labute approximate surface area is 139 Å². The summed E-state index contributed by atoms with van der Waals surface area (Å²) in [6.07, 6.45) is 1.18. The molecule has 0 N–H and O–H groups in total. The number of alkyl halides is 1. The fourth-order valence-electron chi connectivity index (χ4n) is 2.47. The van der Waals surface area contributed by atoms with Gasteiger partial charge in [0.15, 0.2) is 0 Å². The van der Waals surface area contributed by atoms with Crippen LogP contribution in [0.2, 0.25) is 0 Å². The third-order valence-corrected chi connectivity index (χ3v) is 3.78. The summed E-state index contributed by atoms with van der Waals surface area (Å²) in [6.45, 7) is 0.542. The Kier molecular flexibility index (Phi) is 6.34. The van der Waals surface area contributed by atoms with Crippen molar-refractivity contribution in [3.8, 4) is 0 Å². The fourth-order valence-corrected chi connectivity index (χ4v) is 2.63. The molecule has 0 spiro atoms. The highest BCUT2D eigenvalue weighted by molar-refractivity contribution is 6.18. The van der Waals surface area contributed by atoms with Gasteiger partial charge in [-0.25, -0.2) is 9.59 Å². The smallest absolute Gasteiger partial charge is 0.343 e. The molecular formula is C15H18ClN3O4. The summed E-state index contributed by atoms with van der Waals surface area (Å²) in [5.74, 6) is -0.384. The van der Waals surface area contributed by atoms with E-state index in [2.05, 4.69) is 5.29 Å². The molecule has 0 saturated carbocycles. The zero-order valence-electron chi connectivity index (χ0n) is 12.6. The van der Waals surface area contributed by atoms with Crippen molar-refractivity contribution in [2.45, 2.75) is 25.5 Å². The lowest BCUT2D eigenvalue weighted by Crippen LogP contribution is -2.47. The van der Waals surface area contributed by atoms with Crippen molar-refractivity contribution >= 4 is 23.6 Å². The lowest BCUT2D eigenvalue weighted by Gasteiger charge is -2.26. The zero-order chi connectivity index (χ0) is 16.7. The van der Waals surface area contributed by atoms with Crippen molar-refractivity contribution < 1.29 is 14.3 Å². The number of hydrogen-bond donors (Lipinski definition) is 0. The van der Waals surface area contributed by atoms with Gasteiger partial charge in [0.2, 0.25) is 0 Å². The second-order valence-electron chi connectivity index (χ2n) is 5.12. The van der Waals surface area contributed by atoms with Gasteiger partial charge in [0, 0.05) is 12.4 Å². The molecule has 0 radical (unpaired) electrons. The number of likely N-dealkylation sites (tertiary alicyclic amines) is 1. The molecule has 2 rings (SSSR count). The maximum absolute atomic E-state index is 12.2. The number of hydrogen-bond acceptors (Lipinski definition) is 5. The molecular weight excluding hydrogens is 322 g/mol. The Balaban J connectivity index is 1.96. The van der Waals surface area contributed by atoms with E-state index in [0.29, 0.717) is 19.4 Å². The van der Waals surface area contributed by atoms with Gasteiger partial charge in [0.05, 0.1) is 11.8 Å². The zero-order valence-corrected chi connectivity index (χ0v) is 13.3. The minimum absolute atomic E-state index is 0.00612. The van der Waals surface area contributed by atoms with Gasteiger partial charge in [-0.05, 0) is 18.4 Å². The van der Waals surface area contributed by atoms with Crippen LogP contribution >= 0.6 is 11.6 Å². The van der Waals surface area contributed by atoms with E-state index in [-0.39, 0.29) is 19.0 Å². The Morgan fingerprint density at radius 1 is 1.35 bits per heavy atom. The van der Waals surface area contributed by atoms with E-state index in [0.717, 1.165) is 10.6 Å². The Bertz CT molecular complexity index is 555. The van der Waals surface area contributed by atoms with Crippen molar-refractivity contribution in [2.75, 3.05) is 19.0 Å². The standard InChI is InChI=1S/C15H18ClN3O4/c16-8-10-19(17-22)15(21)18-9-4-7-13(18)14(20)23-11-12-5-2-1-3-6-12/h1-3,5-6,13H,4,7-11H2/t13-/m0/s1. The van der Waals surface area contributed by atoms with Gasteiger partial charge in [0.1, 0.15) is 12.6 Å². The van der Waals surface area contributed by atoms with Crippen LogP contribution in [0.15, 0.2) is 35.6 Å². The second-order valence-corrected chi connectivity index (χ2v) is 5.50. The molecule has 1 atom stereocenters. The Morgan fingerprint density at radius 2 is 2.09 bits per heavy atom. The molecule has 23 heavy (non-hydrogen) atoms. The number of nitroso groups, excluding NO2 is 1. The molecule has 1 aromatic carbocycles. The summed E-state index contributed by atoms with van der Waals surface area (Å²) in [5, 5.41) is 3.40. The van der Waals surface area contributed by atoms with Crippen LogP contribution in [0.25, 0.3) is 0 Å². The highest BCUT2D eigenvalue weighted by Crippen LogP contribution is 2.21. The van der Waals surface area contributed by atoms with E-state index in [1.807, 2.05) is 30.3 Å².